The van der Waals surface area contributed by atoms with Gasteiger partial charge in [-0.2, -0.15) is 5.26 Å². The number of benzene rings is 1. The molecule has 0 amide bonds. The SMILES string of the molecule is CC(C)N1CCCc2cc(-c3cncnc3)c(C#N)cc21. The number of nitrogens with zero attached hydrogens (tertiary/aromatic N) is 4. The highest BCUT2D eigenvalue weighted by molar-refractivity contribution is 5.75. The van der Waals surface area contributed by atoms with Crippen LogP contribution in [0.1, 0.15) is 31.4 Å². The van der Waals surface area contributed by atoms with Crippen LogP contribution in [0.2, 0.25) is 0 Å². The molecule has 0 saturated heterocycles. The third-order valence-corrected chi connectivity index (χ3v) is 3.99. The summed E-state index contributed by atoms with van der Waals surface area (Å²) in [4.78, 5) is 10.5. The molecule has 0 spiro atoms. The Morgan fingerprint density at radius 2 is 2.00 bits per heavy atom. The van der Waals surface area contributed by atoms with Crippen LogP contribution < -0.4 is 4.90 Å². The maximum Gasteiger partial charge on any atom is 0.115 e. The molecule has 1 aliphatic heterocycles. The lowest BCUT2D eigenvalue weighted by molar-refractivity contribution is 0.625. The van der Waals surface area contributed by atoms with Crippen LogP contribution in [0.4, 0.5) is 5.69 Å². The number of aryl methyl sites for hydroxylation is 1. The van der Waals surface area contributed by atoms with Crippen molar-refractivity contribution in [1.82, 2.24) is 9.97 Å². The summed E-state index contributed by atoms with van der Waals surface area (Å²) in [5.74, 6) is 0. The lowest BCUT2D eigenvalue weighted by Gasteiger charge is -2.35. The normalized spacial score (nSPS) is 13.9. The molecule has 2 aromatic rings. The Hall–Kier alpha value is -2.41. The molecule has 2 heterocycles. The number of aromatic nitrogens is 2. The summed E-state index contributed by atoms with van der Waals surface area (Å²) >= 11 is 0. The average molecular weight is 278 g/mol. The summed E-state index contributed by atoms with van der Waals surface area (Å²) in [5.41, 5.74) is 5.04. The quantitative estimate of drug-likeness (QED) is 0.846. The molecule has 0 aliphatic carbocycles. The van der Waals surface area contributed by atoms with E-state index < -0.39 is 0 Å². The summed E-state index contributed by atoms with van der Waals surface area (Å²) in [5, 5.41) is 9.50. The maximum absolute atomic E-state index is 9.50. The van der Waals surface area contributed by atoms with Gasteiger partial charge in [-0.15, -0.1) is 0 Å². The maximum atomic E-state index is 9.50. The standard InChI is InChI=1S/C17H18N4/c1-12(2)21-5-3-4-13-6-16(14(8-18)7-17(13)21)15-9-19-11-20-10-15/h6-7,9-12H,3-5H2,1-2H3. The molecule has 0 unspecified atom stereocenters. The molecule has 0 bridgehead atoms. The number of anilines is 1. The van der Waals surface area contributed by atoms with E-state index in [9.17, 15) is 5.26 Å². The number of rotatable bonds is 2. The first-order valence-electron chi connectivity index (χ1n) is 7.29. The summed E-state index contributed by atoms with van der Waals surface area (Å²) in [6.07, 6.45) is 7.25. The minimum absolute atomic E-state index is 0.446. The van der Waals surface area contributed by atoms with Gasteiger partial charge in [-0.25, -0.2) is 9.97 Å². The van der Waals surface area contributed by atoms with Crippen molar-refractivity contribution in [3.05, 3.63) is 42.0 Å². The summed E-state index contributed by atoms with van der Waals surface area (Å²) < 4.78 is 0. The number of nitriles is 1. The molecule has 4 heteroatoms. The van der Waals surface area contributed by atoms with Crippen LogP contribution in [0.25, 0.3) is 11.1 Å². The predicted octanol–water partition coefficient (Wildman–Crippen LogP) is 3.18. The van der Waals surface area contributed by atoms with Crippen molar-refractivity contribution in [3.8, 4) is 17.2 Å². The second-order valence-electron chi connectivity index (χ2n) is 5.66. The molecule has 21 heavy (non-hydrogen) atoms. The fraction of sp³-hybridized carbons (Fsp3) is 0.353. The lowest BCUT2D eigenvalue weighted by atomic mass is 9.93. The van der Waals surface area contributed by atoms with E-state index in [0.29, 0.717) is 11.6 Å². The molecule has 1 aromatic heterocycles. The lowest BCUT2D eigenvalue weighted by Crippen LogP contribution is -2.35. The highest BCUT2D eigenvalue weighted by atomic mass is 15.2. The van der Waals surface area contributed by atoms with E-state index in [1.165, 1.54) is 17.6 Å². The van der Waals surface area contributed by atoms with Gasteiger partial charge in [0.25, 0.3) is 0 Å². The first-order valence-corrected chi connectivity index (χ1v) is 7.29. The van der Waals surface area contributed by atoms with Gasteiger partial charge >= 0.3 is 0 Å². The monoisotopic (exact) mass is 278 g/mol. The van der Waals surface area contributed by atoms with Crippen LogP contribution in [-0.2, 0) is 6.42 Å². The molecular weight excluding hydrogens is 260 g/mol. The third-order valence-electron chi connectivity index (χ3n) is 3.99. The number of hydrogen-bond donors (Lipinski definition) is 0. The van der Waals surface area contributed by atoms with E-state index in [-0.39, 0.29) is 0 Å². The zero-order valence-electron chi connectivity index (χ0n) is 12.4. The minimum atomic E-state index is 0.446. The summed E-state index contributed by atoms with van der Waals surface area (Å²) in [7, 11) is 0. The predicted molar refractivity (Wildman–Crippen MR) is 83.0 cm³/mol. The number of hydrogen-bond acceptors (Lipinski definition) is 4. The topological polar surface area (TPSA) is 52.8 Å². The molecule has 106 valence electrons. The minimum Gasteiger partial charge on any atom is -0.369 e. The molecule has 0 N–H and O–H groups in total. The van der Waals surface area contributed by atoms with Crippen molar-refractivity contribution in [2.75, 3.05) is 11.4 Å². The molecule has 0 saturated carbocycles. The smallest absolute Gasteiger partial charge is 0.115 e. The fourth-order valence-electron chi connectivity index (χ4n) is 2.97. The first-order chi connectivity index (χ1) is 10.2. The highest BCUT2D eigenvalue weighted by Gasteiger charge is 2.21. The van der Waals surface area contributed by atoms with Crippen molar-refractivity contribution in [3.63, 3.8) is 0 Å². The molecule has 3 rings (SSSR count). The summed E-state index contributed by atoms with van der Waals surface area (Å²) in [6.45, 7) is 5.45. The Morgan fingerprint density at radius 3 is 2.67 bits per heavy atom. The Bertz CT molecular complexity index is 686. The van der Waals surface area contributed by atoms with Crippen molar-refractivity contribution >= 4 is 5.69 Å². The Morgan fingerprint density at radius 1 is 1.24 bits per heavy atom. The van der Waals surface area contributed by atoms with Gasteiger partial charge in [0.1, 0.15) is 6.33 Å². The van der Waals surface area contributed by atoms with Gasteiger partial charge in [-0.3, -0.25) is 0 Å². The van der Waals surface area contributed by atoms with Crippen LogP contribution in [0.3, 0.4) is 0 Å². The second kappa shape index (κ2) is 5.53. The Balaban J connectivity index is 2.15. The largest absolute Gasteiger partial charge is 0.369 e. The van der Waals surface area contributed by atoms with E-state index in [1.54, 1.807) is 12.4 Å². The van der Waals surface area contributed by atoms with Gasteiger partial charge in [0.15, 0.2) is 0 Å². The summed E-state index contributed by atoms with van der Waals surface area (Å²) in [6, 6.07) is 6.93. The Kier molecular flexibility index (Phi) is 3.57. The van der Waals surface area contributed by atoms with E-state index in [1.807, 2.05) is 6.07 Å². The molecule has 1 aliphatic rings. The van der Waals surface area contributed by atoms with E-state index in [2.05, 4.69) is 40.9 Å². The Labute approximate surface area is 125 Å². The van der Waals surface area contributed by atoms with Gasteiger partial charge in [-0.1, -0.05) is 0 Å². The van der Waals surface area contributed by atoms with Crippen LogP contribution >= 0.6 is 0 Å². The van der Waals surface area contributed by atoms with Crippen LogP contribution in [0, 0.1) is 11.3 Å². The van der Waals surface area contributed by atoms with E-state index in [0.717, 1.165) is 30.5 Å². The van der Waals surface area contributed by atoms with Gasteiger partial charge in [-0.05, 0) is 44.4 Å². The van der Waals surface area contributed by atoms with Gasteiger partial charge < -0.3 is 4.90 Å². The van der Waals surface area contributed by atoms with Crippen molar-refractivity contribution < 1.29 is 0 Å². The van der Waals surface area contributed by atoms with Crippen LogP contribution in [0.15, 0.2) is 30.9 Å². The molecular formula is C17H18N4. The molecule has 0 atom stereocenters. The first kappa shape index (κ1) is 13.6. The molecule has 0 radical (unpaired) electrons. The third kappa shape index (κ3) is 2.47. The van der Waals surface area contributed by atoms with Gasteiger partial charge in [0.05, 0.1) is 11.6 Å². The zero-order chi connectivity index (χ0) is 14.8. The van der Waals surface area contributed by atoms with Crippen LogP contribution in [0.5, 0.6) is 0 Å². The van der Waals surface area contributed by atoms with Crippen molar-refractivity contribution in [2.45, 2.75) is 32.7 Å². The second-order valence-corrected chi connectivity index (χ2v) is 5.66. The highest BCUT2D eigenvalue weighted by Crippen LogP contribution is 2.34. The molecule has 0 fully saturated rings. The molecule has 1 aromatic carbocycles. The zero-order valence-corrected chi connectivity index (χ0v) is 12.4. The molecule has 4 nitrogen and oxygen atoms in total. The van der Waals surface area contributed by atoms with Crippen LogP contribution in [-0.4, -0.2) is 22.6 Å². The number of fused-ring (bicyclic) bond motifs is 1. The van der Waals surface area contributed by atoms with Gasteiger partial charge in [0.2, 0.25) is 0 Å². The van der Waals surface area contributed by atoms with E-state index >= 15 is 0 Å². The van der Waals surface area contributed by atoms with Gasteiger partial charge in [0, 0.05) is 41.8 Å². The fourth-order valence-corrected chi connectivity index (χ4v) is 2.97. The van der Waals surface area contributed by atoms with Crippen molar-refractivity contribution in [2.24, 2.45) is 0 Å². The average Bonchev–Trinajstić information content (AvgIpc) is 2.53. The van der Waals surface area contributed by atoms with E-state index in [4.69, 9.17) is 0 Å². The van der Waals surface area contributed by atoms with Crippen molar-refractivity contribution in [1.29, 1.82) is 5.26 Å².